The van der Waals surface area contributed by atoms with Gasteiger partial charge in [-0.2, -0.15) is 0 Å². The van der Waals surface area contributed by atoms with Crippen LogP contribution in [0.2, 0.25) is 0 Å². The number of rotatable bonds is 3. The third kappa shape index (κ3) is 2.55. The number of carbonyl (C=O) groups excluding carboxylic acids is 1. The number of benzene rings is 1. The molecule has 0 unspecified atom stereocenters. The van der Waals surface area contributed by atoms with Crippen molar-refractivity contribution >= 4 is 17.2 Å². The van der Waals surface area contributed by atoms with Gasteiger partial charge in [-0.1, -0.05) is 6.07 Å². The molecule has 0 aliphatic heterocycles. The number of methoxy groups -OCH3 is 1. The van der Waals surface area contributed by atoms with Gasteiger partial charge in [-0.05, 0) is 24.1 Å². The van der Waals surface area contributed by atoms with E-state index in [0.29, 0.717) is 6.54 Å². The third-order valence-corrected chi connectivity index (χ3v) is 2.62. The average Bonchev–Trinajstić information content (AvgIpc) is 2.82. The lowest BCUT2D eigenvalue weighted by Gasteiger charge is -2.14. The second kappa shape index (κ2) is 4.86. The number of ether oxygens (including phenoxy) is 1. The maximum atomic E-state index is 11.2. The topological polar surface area (TPSA) is 55.6 Å². The van der Waals surface area contributed by atoms with Crippen LogP contribution in [-0.4, -0.2) is 36.7 Å². The van der Waals surface area contributed by atoms with Crippen LogP contribution in [-0.2, 0) is 11.2 Å². The molecular formula is C12H14N2O3. The van der Waals surface area contributed by atoms with Crippen molar-refractivity contribution in [3.8, 4) is 0 Å². The van der Waals surface area contributed by atoms with Crippen LogP contribution in [0.4, 0.5) is 4.79 Å². The first-order valence-corrected chi connectivity index (χ1v) is 5.32. The van der Waals surface area contributed by atoms with Crippen molar-refractivity contribution in [3.05, 3.63) is 30.2 Å². The highest BCUT2D eigenvalue weighted by Gasteiger charge is 2.08. The van der Waals surface area contributed by atoms with Gasteiger partial charge in [-0.15, -0.1) is 0 Å². The lowest BCUT2D eigenvalue weighted by molar-refractivity contribution is 0.134. The molecule has 2 aromatic rings. The third-order valence-electron chi connectivity index (χ3n) is 2.62. The van der Waals surface area contributed by atoms with E-state index in [9.17, 15) is 4.79 Å². The van der Waals surface area contributed by atoms with Gasteiger partial charge in [0.15, 0.2) is 12.0 Å². The Kier molecular flexibility index (Phi) is 3.27. The fraction of sp³-hybridized carbons (Fsp3) is 0.333. The summed E-state index contributed by atoms with van der Waals surface area (Å²) >= 11 is 0. The lowest BCUT2D eigenvalue weighted by Crippen LogP contribution is -2.28. The molecule has 0 radical (unpaired) electrons. The van der Waals surface area contributed by atoms with Gasteiger partial charge in [0.05, 0.1) is 7.11 Å². The summed E-state index contributed by atoms with van der Waals surface area (Å²) in [5, 5.41) is 0. The molecule has 0 bridgehead atoms. The first kappa shape index (κ1) is 11.4. The van der Waals surface area contributed by atoms with E-state index in [1.165, 1.54) is 18.4 Å². The standard InChI is InChI=1S/C12H14N2O3/c1-14(12(15)16-2)6-5-9-3-4-10-11(7-9)17-8-13-10/h3-4,7-8H,5-6H2,1-2H3. The van der Waals surface area contributed by atoms with Crippen molar-refractivity contribution in [2.24, 2.45) is 0 Å². The van der Waals surface area contributed by atoms with E-state index >= 15 is 0 Å². The zero-order valence-corrected chi connectivity index (χ0v) is 9.84. The maximum absolute atomic E-state index is 11.2. The van der Waals surface area contributed by atoms with Crippen LogP contribution < -0.4 is 0 Å². The van der Waals surface area contributed by atoms with Gasteiger partial charge in [0.25, 0.3) is 0 Å². The molecule has 0 saturated carbocycles. The van der Waals surface area contributed by atoms with Crippen molar-refractivity contribution < 1.29 is 13.9 Å². The predicted molar refractivity (Wildman–Crippen MR) is 62.7 cm³/mol. The zero-order valence-electron chi connectivity index (χ0n) is 9.84. The number of nitrogens with zero attached hydrogens (tertiary/aromatic N) is 2. The number of oxazole rings is 1. The molecule has 2 rings (SSSR count). The minimum Gasteiger partial charge on any atom is -0.453 e. The number of hydrogen-bond donors (Lipinski definition) is 0. The van der Waals surface area contributed by atoms with Gasteiger partial charge in [-0.25, -0.2) is 9.78 Å². The Balaban J connectivity index is 2.01. The van der Waals surface area contributed by atoms with Crippen LogP contribution in [0.5, 0.6) is 0 Å². The van der Waals surface area contributed by atoms with Gasteiger partial charge < -0.3 is 14.1 Å². The number of aromatic nitrogens is 1. The summed E-state index contributed by atoms with van der Waals surface area (Å²) in [7, 11) is 3.08. The Hall–Kier alpha value is -2.04. The summed E-state index contributed by atoms with van der Waals surface area (Å²) in [6.45, 7) is 0.603. The highest BCUT2D eigenvalue weighted by Crippen LogP contribution is 2.14. The molecule has 1 amide bonds. The van der Waals surface area contributed by atoms with E-state index in [1.807, 2.05) is 18.2 Å². The molecule has 1 aromatic heterocycles. The highest BCUT2D eigenvalue weighted by molar-refractivity contribution is 5.72. The van der Waals surface area contributed by atoms with Gasteiger partial charge in [0.2, 0.25) is 0 Å². The van der Waals surface area contributed by atoms with E-state index < -0.39 is 0 Å². The summed E-state index contributed by atoms with van der Waals surface area (Å²) in [4.78, 5) is 16.8. The summed E-state index contributed by atoms with van der Waals surface area (Å²) in [6.07, 6.45) is 1.85. The number of hydrogen-bond acceptors (Lipinski definition) is 4. The molecule has 0 fully saturated rings. The smallest absolute Gasteiger partial charge is 0.409 e. The molecule has 17 heavy (non-hydrogen) atoms. The molecule has 5 nitrogen and oxygen atoms in total. The van der Waals surface area contributed by atoms with E-state index in [-0.39, 0.29) is 6.09 Å². The van der Waals surface area contributed by atoms with Crippen LogP contribution in [0.15, 0.2) is 29.0 Å². The van der Waals surface area contributed by atoms with Gasteiger partial charge >= 0.3 is 6.09 Å². The van der Waals surface area contributed by atoms with E-state index in [4.69, 9.17) is 4.42 Å². The molecule has 5 heteroatoms. The molecule has 0 spiro atoms. The molecule has 0 N–H and O–H groups in total. The quantitative estimate of drug-likeness (QED) is 0.815. The van der Waals surface area contributed by atoms with E-state index in [2.05, 4.69) is 9.72 Å². The van der Waals surface area contributed by atoms with Crippen molar-refractivity contribution in [2.75, 3.05) is 20.7 Å². The van der Waals surface area contributed by atoms with Crippen molar-refractivity contribution in [1.82, 2.24) is 9.88 Å². The second-order valence-corrected chi connectivity index (χ2v) is 3.80. The number of fused-ring (bicyclic) bond motifs is 1. The van der Waals surface area contributed by atoms with E-state index in [1.54, 1.807) is 7.05 Å². The molecular weight excluding hydrogens is 220 g/mol. The zero-order chi connectivity index (χ0) is 12.3. The number of amides is 1. The molecule has 0 atom stereocenters. The minimum absolute atomic E-state index is 0.328. The highest BCUT2D eigenvalue weighted by atomic mass is 16.5. The summed E-state index contributed by atoms with van der Waals surface area (Å²) in [5.74, 6) is 0. The largest absolute Gasteiger partial charge is 0.453 e. The van der Waals surface area contributed by atoms with Gasteiger partial charge in [0, 0.05) is 13.6 Å². The summed E-state index contributed by atoms with van der Waals surface area (Å²) < 4.78 is 9.83. The first-order chi connectivity index (χ1) is 8.20. The first-order valence-electron chi connectivity index (χ1n) is 5.32. The normalized spacial score (nSPS) is 10.5. The summed E-state index contributed by atoms with van der Waals surface area (Å²) in [6, 6.07) is 5.83. The van der Waals surface area contributed by atoms with Crippen LogP contribution in [0.3, 0.4) is 0 Å². The van der Waals surface area contributed by atoms with Gasteiger partial charge in [-0.3, -0.25) is 0 Å². The van der Waals surface area contributed by atoms with Gasteiger partial charge in [0.1, 0.15) is 5.52 Å². The average molecular weight is 234 g/mol. The molecule has 1 heterocycles. The molecule has 0 aliphatic carbocycles. The number of likely N-dealkylation sites (N-methyl/N-ethyl adjacent to an activating group) is 1. The Morgan fingerprint density at radius 2 is 2.35 bits per heavy atom. The van der Waals surface area contributed by atoms with Crippen LogP contribution in [0.1, 0.15) is 5.56 Å². The predicted octanol–water partition coefficient (Wildman–Crippen LogP) is 2.07. The Bertz CT molecular complexity index is 521. The Labute approximate surface area is 99.0 Å². The van der Waals surface area contributed by atoms with Crippen LogP contribution >= 0.6 is 0 Å². The number of carbonyl (C=O) groups is 1. The van der Waals surface area contributed by atoms with Crippen LogP contribution in [0, 0.1) is 0 Å². The fourth-order valence-electron chi connectivity index (χ4n) is 1.60. The summed E-state index contributed by atoms with van der Waals surface area (Å²) in [5.41, 5.74) is 2.71. The lowest BCUT2D eigenvalue weighted by atomic mass is 10.1. The van der Waals surface area contributed by atoms with Crippen molar-refractivity contribution in [3.63, 3.8) is 0 Å². The molecule has 0 saturated heterocycles. The Morgan fingerprint density at radius 1 is 1.53 bits per heavy atom. The fourth-order valence-corrected chi connectivity index (χ4v) is 1.60. The van der Waals surface area contributed by atoms with Crippen LogP contribution in [0.25, 0.3) is 11.1 Å². The molecule has 1 aromatic carbocycles. The molecule has 90 valence electrons. The van der Waals surface area contributed by atoms with Crippen molar-refractivity contribution in [2.45, 2.75) is 6.42 Å². The molecule has 0 aliphatic rings. The maximum Gasteiger partial charge on any atom is 0.409 e. The SMILES string of the molecule is COC(=O)N(C)CCc1ccc2ncoc2c1. The monoisotopic (exact) mass is 234 g/mol. The minimum atomic E-state index is -0.328. The Morgan fingerprint density at radius 3 is 3.12 bits per heavy atom. The van der Waals surface area contributed by atoms with Crippen molar-refractivity contribution in [1.29, 1.82) is 0 Å². The van der Waals surface area contributed by atoms with E-state index in [0.717, 1.165) is 23.1 Å². The second-order valence-electron chi connectivity index (χ2n) is 3.80.